The van der Waals surface area contributed by atoms with Crippen molar-refractivity contribution in [2.45, 2.75) is 12.8 Å². The molecule has 2 heterocycles. The number of nitrogens with one attached hydrogen (secondary N) is 1. The van der Waals surface area contributed by atoms with Crippen molar-refractivity contribution in [1.29, 1.82) is 0 Å². The minimum Gasteiger partial charge on any atom is -0.381 e. The summed E-state index contributed by atoms with van der Waals surface area (Å²) in [5, 5.41) is 3.64. The highest BCUT2D eigenvalue weighted by atomic mass is 14.9. The molecule has 6 rings (SSSR count). The fraction of sp³-hybridized carbons (Fsp3) is 0.0769. The third-order valence-electron chi connectivity index (χ3n) is 7.37. The van der Waals surface area contributed by atoms with Gasteiger partial charge in [0.25, 0.3) is 0 Å². The van der Waals surface area contributed by atoms with E-state index in [-0.39, 0.29) is 0 Å². The summed E-state index contributed by atoms with van der Waals surface area (Å²) in [5.74, 6) is 0. The highest BCUT2D eigenvalue weighted by Gasteiger charge is 2.13. The third-order valence-corrected chi connectivity index (χ3v) is 7.37. The average Bonchev–Trinajstić information content (AvgIpc) is 3.06. The maximum atomic E-state index is 4.98. The largest absolute Gasteiger partial charge is 0.381 e. The number of aromatic nitrogens is 1. The van der Waals surface area contributed by atoms with Crippen molar-refractivity contribution >= 4 is 17.0 Å². The lowest BCUT2D eigenvalue weighted by atomic mass is 9.91. The van der Waals surface area contributed by atoms with Crippen LogP contribution in [0, 0.1) is 0 Å². The number of benzene rings is 3. The van der Waals surface area contributed by atoms with Gasteiger partial charge in [0, 0.05) is 42.0 Å². The zero-order valence-electron chi connectivity index (χ0n) is 23.5. The summed E-state index contributed by atoms with van der Waals surface area (Å²) in [6.45, 7) is 0.702. The molecular weight excluding hydrogens is 510 g/mol. The Kier molecular flexibility index (Phi) is 8.58. The number of nitrogens with zero attached hydrogens (tertiary/aromatic N) is 2. The smallest absolute Gasteiger partial charge is 0.0723 e. The Morgan fingerprint density at radius 3 is 2.17 bits per heavy atom. The molecule has 42 heavy (non-hydrogen) atoms. The Bertz CT molecular complexity index is 1730. The van der Waals surface area contributed by atoms with E-state index < -0.39 is 0 Å². The molecule has 3 nitrogen and oxygen atoms in total. The van der Waals surface area contributed by atoms with Crippen LogP contribution in [0.4, 0.5) is 0 Å². The van der Waals surface area contributed by atoms with Crippen molar-refractivity contribution in [3.8, 4) is 22.3 Å². The lowest BCUT2D eigenvalue weighted by Crippen LogP contribution is -2.14. The van der Waals surface area contributed by atoms with Gasteiger partial charge in [-0.2, -0.15) is 0 Å². The normalized spacial score (nSPS) is 19.9. The first kappa shape index (κ1) is 26.9. The second-order valence-corrected chi connectivity index (χ2v) is 10.3. The van der Waals surface area contributed by atoms with Gasteiger partial charge in [-0.25, -0.2) is 0 Å². The molecular formula is C39H33N3. The number of allylic oxidation sites excluding steroid dienone is 9. The van der Waals surface area contributed by atoms with Crippen LogP contribution in [0.15, 0.2) is 163 Å². The summed E-state index contributed by atoms with van der Waals surface area (Å²) in [4.78, 5) is 9.38. The van der Waals surface area contributed by atoms with Crippen molar-refractivity contribution < 1.29 is 0 Å². The fourth-order valence-corrected chi connectivity index (χ4v) is 5.16. The van der Waals surface area contributed by atoms with Crippen molar-refractivity contribution in [2.75, 3.05) is 6.54 Å². The first-order valence-corrected chi connectivity index (χ1v) is 14.4. The molecule has 204 valence electrons. The predicted molar refractivity (Wildman–Crippen MR) is 178 cm³/mol. The van der Waals surface area contributed by atoms with Crippen LogP contribution in [0.1, 0.15) is 29.5 Å². The Labute approximate surface area is 248 Å². The molecule has 4 aromatic rings. The van der Waals surface area contributed by atoms with E-state index in [0.29, 0.717) is 6.54 Å². The molecule has 1 aliphatic carbocycles. The van der Waals surface area contributed by atoms with Crippen LogP contribution in [-0.2, 0) is 0 Å². The van der Waals surface area contributed by atoms with Gasteiger partial charge in [0.05, 0.1) is 5.71 Å². The molecule has 0 bridgehead atoms. The fourth-order valence-electron chi connectivity index (χ4n) is 5.16. The number of hydrogen-bond acceptors (Lipinski definition) is 3. The molecule has 0 atom stereocenters. The average molecular weight is 544 g/mol. The van der Waals surface area contributed by atoms with Crippen LogP contribution in [0.5, 0.6) is 0 Å². The SMILES string of the molecule is C1=CCCC(c2cc(C3=N/C=C\C=C/C=C/CN/C(c4ccc(-c5ccccc5)cc4)=C\3)cc(-c3cccnc3)c2)=C1. The standard InChI is InChI=1S/C39H33N3/c1-2-10-23-41-38(33-20-18-32(19-21-33)30-13-6-4-7-14-30)28-39(42-24-11-3-1)37-26-35(31-15-8-5-9-16-31)25-36(27-37)34-17-12-22-40-29-34/h1-8,10-15,17-22,24-29,41H,9,16,23H2/b3-1-,10-2+,24-11-,38-28-,42-39+. The summed E-state index contributed by atoms with van der Waals surface area (Å²) < 4.78 is 0. The molecule has 0 fully saturated rings. The van der Waals surface area contributed by atoms with E-state index in [2.05, 4.69) is 120 Å². The highest BCUT2D eigenvalue weighted by molar-refractivity contribution is 6.13. The van der Waals surface area contributed by atoms with Crippen LogP contribution in [0.2, 0.25) is 0 Å². The van der Waals surface area contributed by atoms with Crippen LogP contribution in [0.3, 0.4) is 0 Å². The maximum Gasteiger partial charge on any atom is 0.0723 e. The van der Waals surface area contributed by atoms with E-state index in [9.17, 15) is 0 Å². The molecule has 0 spiro atoms. The first-order valence-electron chi connectivity index (χ1n) is 14.4. The number of rotatable bonds is 5. The topological polar surface area (TPSA) is 37.3 Å². The van der Waals surface area contributed by atoms with E-state index in [4.69, 9.17) is 4.99 Å². The van der Waals surface area contributed by atoms with Gasteiger partial charge in [-0.15, -0.1) is 0 Å². The minimum atomic E-state index is 0.702. The second kappa shape index (κ2) is 13.4. The van der Waals surface area contributed by atoms with E-state index in [1.54, 1.807) is 0 Å². The van der Waals surface area contributed by atoms with Gasteiger partial charge in [-0.05, 0) is 82.6 Å². The van der Waals surface area contributed by atoms with Crippen molar-refractivity contribution in [3.63, 3.8) is 0 Å². The zero-order valence-corrected chi connectivity index (χ0v) is 23.5. The van der Waals surface area contributed by atoms with E-state index in [1.165, 1.54) is 22.3 Å². The maximum absolute atomic E-state index is 4.98. The molecule has 0 saturated heterocycles. The molecule has 0 unspecified atom stereocenters. The molecule has 3 heteroatoms. The summed E-state index contributed by atoms with van der Waals surface area (Å²) in [7, 11) is 0. The molecule has 0 saturated carbocycles. The van der Waals surface area contributed by atoms with Gasteiger partial charge in [-0.3, -0.25) is 9.98 Å². The summed E-state index contributed by atoms with van der Waals surface area (Å²) >= 11 is 0. The molecule has 1 aromatic heterocycles. The minimum absolute atomic E-state index is 0.702. The second-order valence-electron chi connectivity index (χ2n) is 10.3. The van der Waals surface area contributed by atoms with Crippen LogP contribution >= 0.6 is 0 Å². The zero-order chi connectivity index (χ0) is 28.4. The Balaban J connectivity index is 1.46. The molecule has 0 radical (unpaired) electrons. The predicted octanol–water partition coefficient (Wildman–Crippen LogP) is 9.21. The highest BCUT2D eigenvalue weighted by Crippen LogP contribution is 2.30. The number of aliphatic imine (C=N–C) groups is 1. The summed E-state index contributed by atoms with van der Waals surface area (Å²) in [6, 6.07) is 30.1. The Hall–Kier alpha value is -5.28. The monoisotopic (exact) mass is 543 g/mol. The van der Waals surface area contributed by atoms with E-state index in [0.717, 1.165) is 46.5 Å². The van der Waals surface area contributed by atoms with Crippen molar-refractivity contribution in [3.05, 3.63) is 175 Å². The van der Waals surface area contributed by atoms with Gasteiger partial charge >= 0.3 is 0 Å². The number of hydrogen-bond donors (Lipinski definition) is 1. The number of pyridine rings is 1. The van der Waals surface area contributed by atoms with Gasteiger partial charge in [-0.1, -0.05) is 103 Å². The molecule has 0 amide bonds. The van der Waals surface area contributed by atoms with Crippen molar-refractivity contribution in [2.24, 2.45) is 4.99 Å². The Morgan fingerprint density at radius 2 is 1.36 bits per heavy atom. The van der Waals surface area contributed by atoms with Crippen molar-refractivity contribution in [1.82, 2.24) is 10.3 Å². The Morgan fingerprint density at radius 1 is 0.595 bits per heavy atom. The molecule has 1 N–H and O–H groups in total. The summed E-state index contributed by atoms with van der Waals surface area (Å²) in [6.07, 6.45) is 26.6. The van der Waals surface area contributed by atoms with Gasteiger partial charge in [0.15, 0.2) is 0 Å². The molecule has 1 aliphatic heterocycles. The quantitative estimate of drug-likeness (QED) is 0.272. The van der Waals surface area contributed by atoms with Crippen LogP contribution in [0.25, 0.3) is 33.5 Å². The summed E-state index contributed by atoms with van der Waals surface area (Å²) in [5.41, 5.74) is 11.2. The van der Waals surface area contributed by atoms with Crippen LogP contribution < -0.4 is 5.32 Å². The third kappa shape index (κ3) is 6.71. The van der Waals surface area contributed by atoms with E-state index in [1.807, 2.05) is 49.0 Å². The van der Waals surface area contributed by atoms with Gasteiger partial charge in [0.1, 0.15) is 0 Å². The first-order chi connectivity index (χ1) is 20.8. The van der Waals surface area contributed by atoms with Gasteiger partial charge < -0.3 is 5.32 Å². The van der Waals surface area contributed by atoms with Gasteiger partial charge in [0.2, 0.25) is 0 Å². The lowest BCUT2D eigenvalue weighted by Gasteiger charge is -2.16. The van der Waals surface area contributed by atoms with Crippen LogP contribution in [-0.4, -0.2) is 17.2 Å². The molecule has 3 aromatic carbocycles. The molecule has 2 aliphatic rings. The lowest BCUT2D eigenvalue weighted by molar-refractivity contribution is 1.01. The van der Waals surface area contributed by atoms with E-state index >= 15 is 0 Å².